The van der Waals surface area contributed by atoms with E-state index in [1.54, 1.807) is 25.4 Å². The van der Waals surface area contributed by atoms with Crippen LogP contribution in [0, 0.1) is 5.41 Å². The highest BCUT2D eigenvalue weighted by Gasteiger charge is 2.39. The number of Topliss-reactive ketones (excluding diaryl/α,β-unsaturated/α-hetero) is 1. The highest BCUT2D eigenvalue weighted by molar-refractivity contribution is 6.01. The number of hydrogen-bond acceptors (Lipinski definition) is 4. The van der Waals surface area contributed by atoms with Crippen LogP contribution in [0.3, 0.4) is 0 Å². The van der Waals surface area contributed by atoms with Crippen LogP contribution >= 0.6 is 0 Å². The molecule has 1 fully saturated rings. The van der Waals surface area contributed by atoms with E-state index in [1.165, 1.54) is 12.8 Å². The number of carbonyl (C=O) groups is 1. The number of ketones is 1. The van der Waals surface area contributed by atoms with Crippen LogP contribution in [0.5, 0.6) is 5.75 Å². The monoisotopic (exact) mass is 262 g/mol. The lowest BCUT2D eigenvalue weighted by Crippen LogP contribution is -2.39. The summed E-state index contributed by atoms with van der Waals surface area (Å²) in [7, 11) is 1.57. The van der Waals surface area contributed by atoms with E-state index in [2.05, 4.69) is 4.98 Å². The van der Waals surface area contributed by atoms with Gasteiger partial charge in [-0.15, -0.1) is 0 Å². The summed E-state index contributed by atoms with van der Waals surface area (Å²) in [6.45, 7) is 0.394. The van der Waals surface area contributed by atoms with Gasteiger partial charge in [-0.25, -0.2) is 4.98 Å². The van der Waals surface area contributed by atoms with Gasteiger partial charge in [-0.2, -0.15) is 0 Å². The molecule has 0 unspecified atom stereocenters. The molecule has 4 heteroatoms. The van der Waals surface area contributed by atoms with E-state index in [1.807, 2.05) is 0 Å². The molecular weight excluding hydrogens is 240 g/mol. The van der Waals surface area contributed by atoms with Crippen molar-refractivity contribution in [2.75, 3.05) is 13.7 Å². The predicted octanol–water partition coefficient (Wildman–Crippen LogP) is 2.57. The number of methoxy groups -OCH3 is 1. The van der Waals surface area contributed by atoms with Crippen molar-refractivity contribution >= 4 is 5.78 Å². The SMILES string of the molecule is COc1cccnc1C(=O)C1(CN)CCCCCC1. The molecule has 1 saturated carbocycles. The van der Waals surface area contributed by atoms with Crippen molar-refractivity contribution in [1.29, 1.82) is 0 Å². The normalized spacial score (nSPS) is 18.6. The molecule has 1 aromatic rings. The lowest BCUT2D eigenvalue weighted by molar-refractivity contribution is 0.0765. The van der Waals surface area contributed by atoms with Crippen molar-refractivity contribution in [3.8, 4) is 5.75 Å². The third kappa shape index (κ3) is 2.78. The van der Waals surface area contributed by atoms with E-state index in [0.29, 0.717) is 18.0 Å². The van der Waals surface area contributed by atoms with Gasteiger partial charge in [0, 0.05) is 18.2 Å². The third-order valence-corrected chi connectivity index (χ3v) is 4.14. The van der Waals surface area contributed by atoms with Gasteiger partial charge in [-0.3, -0.25) is 4.79 Å². The summed E-state index contributed by atoms with van der Waals surface area (Å²) < 4.78 is 5.25. The largest absolute Gasteiger partial charge is 0.494 e. The summed E-state index contributed by atoms with van der Waals surface area (Å²) in [5.74, 6) is 0.596. The van der Waals surface area contributed by atoms with E-state index in [9.17, 15) is 4.79 Å². The molecule has 4 nitrogen and oxygen atoms in total. The Morgan fingerprint density at radius 1 is 1.37 bits per heavy atom. The molecule has 1 heterocycles. The van der Waals surface area contributed by atoms with Crippen molar-refractivity contribution in [3.05, 3.63) is 24.0 Å². The van der Waals surface area contributed by atoms with Gasteiger partial charge in [-0.05, 0) is 25.0 Å². The molecule has 0 amide bonds. The Morgan fingerprint density at radius 2 is 2.05 bits per heavy atom. The van der Waals surface area contributed by atoms with Crippen LogP contribution in [0.2, 0.25) is 0 Å². The summed E-state index contributed by atoms with van der Waals surface area (Å²) in [6, 6.07) is 3.55. The zero-order valence-corrected chi connectivity index (χ0v) is 11.5. The van der Waals surface area contributed by atoms with Crippen LogP contribution in [0.4, 0.5) is 0 Å². The minimum Gasteiger partial charge on any atom is -0.494 e. The molecule has 0 saturated heterocycles. The first-order chi connectivity index (χ1) is 9.23. The van der Waals surface area contributed by atoms with Crippen molar-refractivity contribution in [3.63, 3.8) is 0 Å². The van der Waals surface area contributed by atoms with Gasteiger partial charge < -0.3 is 10.5 Å². The van der Waals surface area contributed by atoms with E-state index >= 15 is 0 Å². The Hall–Kier alpha value is -1.42. The zero-order valence-electron chi connectivity index (χ0n) is 11.5. The molecule has 0 bridgehead atoms. The maximum absolute atomic E-state index is 12.9. The first-order valence-electron chi connectivity index (χ1n) is 6.97. The van der Waals surface area contributed by atoms with Crippen LogP contribution in [-0.2, 0) is 0 Å². The Kier molecular flexibility index (Phi) is 4.53. The Labute approximate surface area is 114 Å². The van der Waals surface area contributed by atoms with Crippen LogP contribution in [0.1, 0.15) is 49.0 Å². The Bertz CT molecular complexity index is 438. The molecule has 0 aliphatic heterocycles. The zero-order chi connectivity index (χ0) is 13.7. The molecule has 0 aromatic carbocycles. The quantitative estimate of drug-likeness (QED) is 0.669. The fraction of sp³-hybridized carbons (Fsp3) is 0.600. The van der Waals surface area contributed by atoms with Crippen molar-refractivity contribution in [1.82, 2.24) is 4.98 Å². The first kappa shape index (κ1) is 14.0. The maximum atomic E-state index is 12.9. The number of aromatic nitrogens is 1. The van der Waals surface area contributed by atoms with Crippen LogP contribution in [-0.4, -0.2) is 24.4 Å². The fourth-order valence-electron chi connectivity index (χ4n) is 2.91. The highest BCUT2D eigenvalue weighted by Crippen LogP contribution is 2.38. The lowest BCUT2D eigenvalue weighted by Gasteiger charge is -2.29. The summed E-state index contributed by atoms with van der Waals surface area (Å²) >= 11 is 0. The molecule has 2 rings (SSSR count). The van der Waals surface area contributed by atoms with Crippen molar-refractivity contribution in [2.45, 2.75) is 38.5 Å². The molecule has 19 heavy (non-hydrogen) atoms. The minimum atomic E-state index is -0.446. The van der Waals surface area contributed by atoms with Gasteiger partial charge in [0.2, 0.25) is 0 Å². The second-order valence-corrected chi connectivity index (χ2v) is 5.28. The number of hydrogen-bond donors (Lipinski definition) is 1. The van der Waals surface area contributed by atoms with Crippen molar-refractivity contribution in [2.24, 2.45) is 11.1 Å². The average molecular weight is 262 g/mol. The number of carbonyl (C=O) groups excluding carboxylic acids is 1. The Morgan fingerprint density at radius 3 is 2.63 bits per heavy atom. The van der Waals surface area contributed by atoms with Gasteiger partial charge in [0.25, 0.3) is 0 Å². The van der Waals surface area contributed by atoms with E-state index in [0.717, 1.165) is 25.7 Å². The molecular formula is C15H22N2O2. The maximum Gasteiger partial charge on any atom is 0.192 e. The molecule has 1 aliphatic rings. The van der Waals surface area contributed by atoms with Gasteiger partial charge in [0.05, 0.1) is 7.11 Å². The van der Waals surface area contributed by atoms with E-state index < -0.39 is 5.41 Å². The van der Waals surface area contributed by atoms with Crippen LogP contribution in [0.15, 0.2) is 18.3 Å². The second-order valence-electron chi connectivity index (χ2n) is 5.28. The van der Waals surface area contributed by atoms with Gasteiger partial charge in [0.1, 0.15) is 11.4 Å². The molecule has 1 aromatic heterocycles. The van der Waals surface area contributed by atoms with Crippen LogP contribution < -0.4 is 10.5 Å². The molecule has 0 atom stereocenters. The van der Waals surface area contributed by atoms with E-state index in [-0.39, 0.29) is 5.78 Å². The van der Waals surface area contributed by atoms with E-state index in [4.69, 9.17) is 10.5 Å². The summed E-state index contributed by atoms with van der Waals surface area (Å²) in [5.41, 5.74) is 5.93. The standard InChI is InChI=1S/C15H22N2O2/c1-19-12-7-6-10-17-13(12)14(18)15(11-16)8-4-2-3-5-9-15/h6-7,10H,2-5,8-9,11,16H2,1H3. The molecule has 2 N–H and O–H groups in total. The Balaban J connectivity index is 2.34. The average Bonchev–Trinajstić information content (AvgIpc) is 2.72. The number of nitrogens with two attached hydrogens (primary N) is 1. The lowest BCUT2D eigenvalue weighted by atomic mass is 9.75. The first-order valence-corrected chi connectivity index (χ1v) is 6.97. The number of pyridine rings is 1. The minimum absolute atomic E-state index is 0.0503. The van der Waals surface area contributed by atoms with Crippen LogP contribution in [0.25, 0.3) is 0 Å². The number of rotatable bonds is 4. The summed E-state index contributed by atoms with van der Waals surface area (Å²) in [4.78, 5) is 17.1. The number of ether oxygens (including phenoxy) is 1. The van der Waals surface area contributed by atoms with Gasteiger partial charge in [0.15, 0.2) is 5.78 Å². The summed E-state index contributed by atoms with van der Waals surface area (Å²) in [5, 5.41) is 0. The molecule has 104 valence electrons. The second kappa shape index (κ2) is 6.15. The molecule has 1 aliphatic carbocycles. The van der Waals surface area contributed by atoms with Crippen molar-refractivity contribution < 1.29 is 9.53 Å². The van der Waals surface area contributed by atoms with Gasteiger partial charge >= 0.3 is 0 Å². The predicted molar refractivity (Wildman–Crippen MR) is 74.3 cm³/mol. The number of nitrogens with zero attached hydrogens (tertiary/aromatic N) is 1. The molecule has 0 radical (unpaired) electrons. The highest BCUT2D eigenvalue weighted by atomic mass is 16.5. The van der Waals surface area contributed by atoms with Gasteiger partial charge in [-0.1, -0.05) is 25.7 Å². The smallest absolute Gasteiger partial charge is 0.192 e. The fourth-order valence-corrected chi connectivity index (χ4v) is 2.91. The topological polar surface area (TPSA) is 65.2 Å². The third-order valence-electron chi connectivity index (χ3n) is 4.14. The molecule has 0 spiro atoms. The summed E-state index contributed by atoms with van der Waals surface area (Å²) in [6.07, 6.45) is 7.87.